The maximum absolute atomic E-state index is 11.8. The molecule has 0 aromatic carbocycles. The Balaban J connectivity index is 1.96. The van der Waals surface area contributed by atoms with Crippen LogP contribution in [0.1, 0.15) is 12.8 Å². The molecule has 1 aliphatic rings. The third-order valence-electron chi connectivity index (χ3n) is 2.89. The van der Waals surface area contributed by atoms with E-state index in [2.05, 4.69) is 10.3 Å². The number of nitrogens with zero attached hydrogens (tertiary/aromatic N) is 2. The number of rotatable bonds is 8. The lowest BCUT2D eigenvalue weighted by atomic mass is 10.3. The van der Waals surface area contributed by atoms with Crippen LogP contribution in [-0.4, -0.2) is 49.5 Å². The van der Waals surface area contributed by atoms with Crippen molar-refractivity contribution in [2.75, 3.05) is 18.3 Å². The Kier molecular flexibility index (Phi) is 5.13. The summed E-state index contributed by atoms with van der Waals surface area (Å²) in [5, 5.41) is 12.2. The number of hydrogen-bond donors (Lipinski definition) is 4. The second kappa shape index (κ2) is 6.67. The van der Waals surface area contributed by atoms with Gasteiger partial charge in [-0.3, -0.25) is 9.13 Å². The lowest BCUT2D eigenvalue weighted by molar-refractivity contribution is 0.0188. The molecule has 1 atom stereocenters. The van der Waals surface area contributed by atoms with E-state index >= 15 is 0 Å². The molecule has 9 nitrogen and oxygen atoms in total. The van der Waals surface area contributed by atoms with Crippen LogP contribution in [0, 0.1) is 0 Å². The summed E-state index contributed by atoms with van der Waals surface area (Å²) < 4.78 is 16.8. The summed E-state index contributed by atoms with van der Waals surface area (Å²) in [6.45, 7) is -0.499. The van der Waals surface area contributed by atoms with Gasteiger partial charge in [-0.1, -0.05) is 0 Å². The first-order valence-corrected chi connectivity index (χ1v) is 8.28. The standard InChI is InChI=1S/C11H18N3O6P/c15-6-9(20-7-21(17,18)19)5-14-4-3-10(13-11(14)16)12-8-1-2-8/h3-4,8-9,15H,1-2,5-7H2,(H,12,13,16)(H2,17,18,19)/t9-/m0/s1. The zero-order chi connectivity index (χ0) is 15.5. The first-order chi connectivity index (χ1) is 9.87. The van der Waals surface area contributed by atoms with E-state index in [4.69, 9.17) is 19.6 Å². The SMILES string of the molecule is O=c1nc(NC2CC2)ccn1C[C@@H](CO)OCP(=O)(O)O. The molecule has 1 heterocycles. The van der Waals surface area contributed by atoms with Crippen molar-refractivity contribution in [2.45, 2.75) is 31.5 Å². The van der Waals surface area contributed by atoms with Crippen molar-refractivity contribution < 1.29 is 24.2 Å². The largest absolute Gasteiger partial charge is 0.394 e. The maximum Gasteiger partial charge on any atom is 0.350 e. The van der Waals surface area contributed by atoms with Gasteiger partial charge in [0, 0.05) is 12.2 Å². The van der Waals surface area contributed by atoms with Crippen LogP contribution in [0.15, 0.2) is 17.1 Å². The molecule has 0 aliphatic heterocycles. The fourth-order valence-corrected chi connectivity index (χ4v) is 2.08. The van der Waals surface area contributed by atoms with E-state index in [9.17, 15) is 9.36 Å². The van der Waals surface area contributed by atoms with Gasteiger partial charge in [-0.2, -0.15) is 4.98 Å². The topological polar surface area (TPSA) is 134 Å². The zero-order valence-corrected chi connectivity index (χ0v) is 12.1. The van der Waals surface area contributed by atoms with Crippen LogP contribution < -0.4 is 11.0 Å². The predicted octanol–water partition coefficient (Wildman–Crippen LogP) is -0.670. The van der Waals surface area contributed by atoms with E-state index < -0.39 is 32.3 Å². The lowest BCUT2D eigenvalue weighted by Gasteiger charge is -2.17. The molecule has 0 bridgehead atoms. The molecule has 118 valence electrons. The number of anilines is 1. The molecule has 0 radical (unpaired) electrons. The highest BCUT2D eigenvalue weighted by molar-refractivity contribution is 7.51. The molecule has 21 heavy (non-hydrogen) atoms. The Morgan fingerprint density at radius 1 is 1.52 bits per heavy atom. The molecule has 1 fully saturated rings. The number of ether oxygens (including phenoxy) is 1. The van der Waals surface area contributed by atoms with E-state index in [1.807, 2.05) is 0 Å². The number of aromatic nitrogens is 2. The molecular weight excluding hydrogens is 301 g/mol. The third kappa shape index (κ3) is 5.56. The van der Waals surface area contributed by atoms with Gasteiger partial charge in [0.1, 0.15) is 12.2 Å². The van der Waals surface area contributed by atoms with Gasteiger partial charge in [0.2, 0.25) is 0 Å². The second-order valence-electron chi connectivity index (χ2n) is 4.93. The molecular formula is C11H18N3O6P. The summed E-state index contributed by atoms with van der Waals surface area (Å²) in [4.78, 5) is 33.1. The Bertz CT molecular complexity index is 582. The highest BCUT2D eigenvalue weighted by Crippen LogP contribution is 2.34. The molecule has 4 N–H and O–H groups in total. The molecule has 2 rings (SSSR count). The summed E-state index contributed by atoms with van der Waals surface area (Å²) in [7, 11) is -4.31. The first kappa shape index (κ1) is 16.1. The van der Waals surface area contributed by atoms with Gasteiger partial charge in [-0.05, 0) is 18.9 Å². The van der Waals surface area contributed by atoms with Gasteiger partial charge in [0.25, 0.3) is 0 Å². The van der Waals surface area contributed by atoms with Crippen LogP contribution in [0.4, 0.5) is 5.82 Å². The van der Waals surface area contributed by atoms with Crippen LogP contribution in [0.3, 0.4) is 0 Å². The summed E-state index contributed by atoms with van der Waals surface area (Å²) >= 11 is 0. The normalized spacial score (nSPS) is 16.7. The molecule has 0 spiro atoms. The first-order valence-electron chi connectivity index (χ1n) is 6.48. The zero-order valence-electron chi connectivity index (χ0n) is 11.3. The monoisotopic (exact) mass is 319 g/mol. The van der Waals surface area contributed by atoms with Crippen molar-refractivity contribution in [3.8, 4) is 0 Å². The van der Waals surface area contributed by atoms with Gasteiger partial charge in [-0.25, -0.2) is 4.79 Å². The second-order valence-corrected chi connectivity index (χ2v) is 6.52. The summed E-state index contributed by atoms with van der Waals surface area (Å²) in [6.07, 6.45) is 1.94. The minimum Gasteiger partial charge on any atom is -0.394 e. The van der Waals surface area contributed by atoms with E-state index in [0.717, 1.165) is 12.8 Å². The highest BCUT2D eigenvalue weighted by atomic mass is 31.2. The quantitative estimate of drug-likeness (QED) is 0.464. The highest BCUT2D eigenvalue weighted by Gasteiger charge is 2.22. The smallest absolute Gasteiger partial charge is 0.350 e. The van der Waals surface area contributed by atoms with Gasteiger partial charge < -0.3 is 24.9 Å². The molecule has 0 saturated heterocycles. The fraction of sp³-hybridized carbons (Fsp3) is 0.636. The Labute approximate surface area is 120 Å². The van der Waals surface area contributed by atoms with E-state index in [-0.39, 0.29) is 6.54 Å². The number of nitrogens with one attached hydrogen (secondary N) is 1. The number of aliphatic hydroxyl groups is 1. The molecule has 1 aromatic rings. The predicted molar refractivity (Wildman–Crippen MR) is 74.0 cm³/mol. The Morgan fingerprint density at radius 2 is 2.24 bits per heavy atom. The van der Waals surface area contributed by atoms with Crippen LogP contribution >= 0.6 is 7.60 Å². The third-order valence-corrected chi connectivity index (χ3v) is 3.37. The van der Waals surface area contributed by atoms with E-state index in [1.54, 1.807) is 6.07 Å². The van der Waals surface area contributed by atoms with Crippen molar-refractivity contribution in [1.82, 2.24) is 9.55 Å². The van der Waals surface area contributed by atoms with Gasteiger partial charge in [0.05, 0.1) is 19.3 Å². The number of hydrogen-bond acceptors (Lipinski definition) is 6. The lowest BCUT2D eigenvalue weighted by Crippen LogP contribution is -2.32. The van der Waals surface area contributed by atoms with Crippen molar-refractivity contribution in [3.63, 3.8) is 0 Å². The minimum absolute atomic E-state index is 0.0357. The van der Waals surface area contributed by atoms with Crippen molar-refractivity contribution in [2.24, 2.45) is 0 Å². The van der Waals surface area contributed by atoms with E-state index in [0.29, 0.717) is 11.9 Å². The Morgan fingerprint density at radius 3 is 2.76 bits per heavy atom. The minimum atomic E-state index is -4.31. The van der Waals surface area contributed by atoms with Crippen LogP contribution in [0.5, 0.6) is 0 Å². The summed E-state index contributed by atoms with van der Waals surface area (Å²) in [5.74, 6) is 0.496. The molecule has 0 amide bonds. The fourth-order valence-electron chi connectivity index (χ4n) is 1.67. The molecule has 0 unspecified atom stereocenters. The van der Waals surface area contributed by atoms with Crippen LogP contribution in [0.25, 0.3) is 0 Å². The molecule has 1 saturated carbocycles. The van der Waals surface area contributed by atoms with Crippen molar-refractivity contribution >= 4 is 13.4 Å². The van der Waals surface area contributed by atoms with Crippen molar-refractivity contribution in [1.29, 1.82) is 0 Å². The van der Waals surface area contributed by atoms with Gasteiger partial charge in [-0.15, -0.1) is 0 Å². The number of aliphatic hydroxyl groups excluding tert-OH is 1. The van der Waals surface area contributed by atoms with Crippen molar-refractivity contribution in [3.05, 3.63) is 22.7 Å². The summed E-state index contributed by atoms with van der Waals surface area (Å²) in [5.41, 5.74) is -0.515. The Hall–Kier alpha value is -1.25. The molecule has 1 aliphatic carbocycles. The average Bonchev–Trinajstić information content (AvgIpc) is 3.19. The van der Waals surface area contributed by atoms with Crippen LogP contribution in [-0.2, 0) is 15.8 Å². The molecule has 10 heteroatoms. The average molecular weight is 319 g/mol. The maximum atomic E-state index is 11.8. The molecule has 1 aromatic heterocycles. The van der Waals surface area contributed by atoms with Gasteiger partial charge in [0.15, 0.2) is 0 Å². The van der Waals surface area contributed by atoms with Crippen LogP contribution in [0.2, 0.25) is 0 Å². The van der Waals surface area contributed by atoms with E-state index in [1.165, 1.54) is 10.8 Å². The van der Waals surface area contributed by atoms with Gasteiger partial charge >= 0.3 is 13.3 Å². The summed E-state index contributed by atoms with van der Waals surface area (Å²) in [6, 6.07) is 2.02.